The summed E-state index contributed by atoms with van der Waals surface area (Å²) in [6, 6.07) is 5.54. The van der Waals surface area contributed by atoms with Crippen molar-refractivity contribution in [1.29, 1.82) is 0 Å². The van der Waals surface area contributed by atoms with Gasteiger partial charge in [-0.15, -0.1) is 0 Å². The van der Waals surface area contributed by atoms with E-state index in [1.165, 1.54) is 4.90 Å². The van der Waals surface area contributed by atoms with E-state index in [-0.39, 0.29) is 30.2 Å². The van der Waals surface area contributed by atoms with E-state index in [0.717, 1.165) is 61.4 Å². The Balaban J connectivity index is 1.31. The molecule has 1 aromatic carbocycles. The molecule has 2 fully saturated rings. The Bertz CT molecular complexity index is 1170. The van der Waals surface area contributed by atoms with Gasteiger partial charge in [0.25, 0.3) is 11.8 Å². The van der Waals surface area contributed by atoms with Gasteiger partial charge in [0.05, 0.1) is 29.1 Å². The van der Waals surface area contributed by atoms with Crippen molar-refractivity contribution in [3.63, 3.8) is 0 Å². The minimum absolute atomic E-state index is 0.0433. The lowest BCUT2D eigenvalue weighted by Gasteiger charge is -2.37. The van der Waals surface area contributed by atoms with Gasteiger partial charge in [0.2, 0.25) is 5.91 Å². The second-order valence-corrected chi connectivity index (χ2v) is 10.4. The number of nitrogens with zero attached hydrogens (tertiary/aromatic N) is 5. The van der Waals surface area contributed by atoms with Crippen LogP contribution in [0.25, 0.3) is 0 Å². The molecule has 0 saturated carbocycles. The molecule has 0 spiro atoms. The highest BCUT2D eigenvalue weighted by molar-refractivity contribution is 6.23. The molecule has 8 heteroatoms. The summed E-state index contributed by atoms with van der Waals surface area (Å²) in [6.07, 6.45) is 3.72. The summed E-state index contributed by atoms with van der Waals surface area (Å²) in [6.45, 7) is 9.49. The Morgan fingerprint density at radius 1 is 1.00 bits per heavy atom. The summed E-state index contributed by atoms with van der Waals surface area (Å²) in [5.74, 6) is 0.533. The fourth-order valence-electron chi connectivity index (χ4n) is 5.78. The predicted octanol–water partition coefficient (Wildman–Crippen LogP) is 3.31. The van der Waals surface area contributed by atoms with E-state index in [9.17, 15) is 14.4 Å². The number of hydrogen-bond donors (Lipinski definition) is 0. The number of hydrogen-bond acceptors (Lipinski definition) is 5. The van der Waals surface area contributed by atoms with Crippen LogP contribution in [0.4, 0.5) is 5.69 Å². The van der Waals surface area contributed by atoms with Crippen LogP contribution >= 0.6 is 0 Å². The van der Waals surface area contributed by atoms with Gasteiger partial charge in [-0.1, -0.05) is 13.0 Å². The second kappa shape index (κ2) is 9.13. The number of benzene rings is 1. The van der Waals surface area contributed by atoms with Crippen molar-refractivity contribution in [2.75, 3.05) is 31.1 Å². The van der Waals surface area contributed by atoms with Crippen molar-refractivity contribution in [2.24, 2.45) is 18.9 Å². The predicted molar refractivity (Wildman–Crippen MR) is 133 cm³/mol. The lowest BCUT2D eigenvalue weighted by atomic mass is 9.92. The molecular formula is C27H35N5O3. The van der Waals surface area contributed by atoms with Crippen molar-refractivity contribution in [3.8, 4) is 0 Å². The van der Waals surface area contributed by atoms with E-state index in [1.54, 1.807) is 10.7 Å². The molecular weight excluding hydrogens is 442 g/mol. The van der Waals surface area contributed by atoms with E-state index in [4.69, 9.17) is 0 Å². The number of piperidine rings is 2. The van der Waals surface area contributed by atoms with Crippen molar-refractivity contribution in [1.82, 2.24) is 19.6 Å². The lowest BCUT2D eigenvalue weighted by molar-refractivity contribution is -0.137. The Kier molecular flexibility index (Phi) is 6.15. The zero-order chi connectivity index (χ0) is 24.9. The number of amides is 3. The van der Waals surface area contributed by atoms with Crippen LogP contribution in [0.5, 0.6) is 0 Å². The maximum atomic E-state index is 13.5. The molecule has 4 heterocycles. The summed E-state index contributed by atoms with van der Waals surface area (Å²) in [4.78, 5) is 45.3. The molecule has 3 aliphatic heterocycles. The third-order valence-corrected chi connectivity index (χ3v) is 8.23. The molecule has 2 saturated heterocycles. The summed E-state index contributed by atoms with van der Waals surface area (Å²) in [5.41, 5.74) is 4.46. The molecule has 186 valence electrons. The number of carbonyl (C=O) groups excluding carboxylic acids is 3. The zero-order valence-electron chi connectivity index (χ0n) is 21.2. The highest BCUT2D eigenvalue weighted by atomic mass is 16.2. The van der Waals surface area contributed by atoms with Crippen LogP contribution < -0.4 is 4.90 Å². The van der Waals surface area contributed by atoms with Crippen LogP contribution in [0.2, 0.25) is 0 Å². The monoisotopic (exact) mass is 477 g/mol. The van der Waals surface area contributed by atoms with Crippen LogP contribution in [0.1, 0.15) is 70.3 Å². The standard InChI is InChI=1S/C27H35N5O3/c1-17-8-12-31(13-9-17)25(33)20-10-14-30(15-11-20)23-7-5-6-21-24(23)27(35)32(26(21)34)16-22-18(2)28-29(4)19(22)3/h5-7,17,20H,8-16H2,1-4H3. The number of imide groups is 1. The molecule has 5 rings (SSSR count). The van der Waals surface area contributed by atoms with E-state index in [2.05, 4.69) is 16.9 Å². The smallest absolute Gasteiger partial charge is 0.263 e. The first-order chi connectivity index (χ1) is 16.8. The van der Waals surface area contributed by atoms with Crippen LogP contribution in [0, 0.1) is 25.7 Å². The number of anilines is 1. The molecule has 3 amide bonds. The van der Waals surface area contributed by atoms with Gasteiger partial charge >= 0.3 is 0 Å². The van der Waals surface area contributed by atoms with E-state index < -0.39 is 0 Å². The van der Waals surface area contributed by atoms with Gasteiger partial charge in [-0.05, 0) is 57.6 Å². The molecule has 1 aromatic heterocycles. The fourth-order valence-corrected chi connectivity index (χ4v) is 5.78. The Morgan fingerprint density at radius 2 is 1.69 bits per heavy atom. The number of aromatic nitrogens is 2. The van der Waals surface area contributed by atoms with Gasteiger partial charge in [-0.2, -0.15) is 5.10 Å². The molecule has 0 N–H and O–H groups in total. The van der Waals surface area contributed by atoms with Crippen molar-refractivity contribution in [3.05, 3.63) is 46.3 Å². The number of likely N-dealkylation sites (tertiary alicyclic amines) is 1. The number of aryl methyl sites for hydroxylation is 2. The molecule has 3 aliphatic rings. The van der Waals surface area contributed by atoms with E-state index in [1.807, 2.05) is 37.9 Å². The minimum Gasteiger partial charge on any atom is -0.371 e. The Morgan fingerprint density at radius 3 is 2.31 bits per heavy atom. The van der Waals surface area contributed by atoms with Crippen LogP contribution in [-0.2, 0) is 18.4 Å². The lowest BCUT2D eigenvalue weighted by Crippen LogP contribution is -2.45. The molecule has 0 atom stereocenters. The van der Waals surface area contributed by atoms with Crippen LogP contribution in [0.3, 0.4) is 0 Å². The first kappa shape index (κ1) is 23.6. The Hall–Kier alpha value is -3.16. The van der Waals surface area contributed by atoms with Crippen molar-refractivity contribution in [2.45, 2.75) is 53.0 Å². The molecule has 8 nitrogen and oxygen atoms in total. The van der Waals surface area contributed by atoms with Gasteiger partial charge < -0.3 is 9.80 Å². The summed E-state index contributed by atoms with van der Waals surface area (Å²) < 4.78 is 1.78. The molecule has 0 aliphatic carbocycles. The normalized spacial score (nSPS) is 19.6. The van der Waals surface area contributed by atoms with Crippen molar-refractivity contribution < 1.29 is 14.4 Å². The summed E-state index contributed by atoms with van der Waals surface area (Å²) >= 11 is 0. The van der Waals surface area contributed by atoms with E-state index in [0.29, 0.717) is 30.1 Å². The Labute approximate surface area is 206 Å². The third kappa shape index (κ3) is 4.13. The molecule has 0 unspecified atom stereocenters. The average Bonchev–Trinajstić information content (AvgIpc) is 3.25. The average molecular weight is 478 g/mol. The zero-order valence-corrected chi connectivity index (χ0v) is 21.2. The largest absolute Gasteiger partial charge is 0.371 e. The van der Waals surface area contributed by atoms with Gasteiger partial charge in [0, 0.05) is 50.4 Å². The maximum absolute atomic E-state index is 13.5. The van der Waals surface area contributed by atoms with Crippen molar-refractivity contribution >= 4 is 23.4 Å². The minimum atomic E-state index is -0.251. The number of carbonyl (C=O) groups is 3. The van der Waals surface area contributed by atoms with E-state index >= 15 is 0 Å². The first-order valence-electron chi connectivity index (χ1n) is 12.8. The SMILES string of the molecule is Cc1nn(C)c(C)c1CN1C(=O)c2cccc(N3CCC(C(=O)N4CCC(C)CC4)CC3)c2C1=O. The quantitative estimate of drug-likeness (QED) is 0.632. The summed E-state index contributed by atoms with van der Waals surface area (Å²) in [5, 5.41) is 4.43. The van der Waals surface area contributed by atoms with Gasteiger partial charge in [-0.25, -0.2) is 0 Å². The van der Waals surface area contributed by atoms with Gasteiger partial charge in [0.15, 0.2) is 0 Å². The molecule has 2 aromatic rings. The topological polar surface area (TPSA) is 78.8 Å². The molecule has 0 radical (unpaired) electrons. The second-order valence-electron chi connectivity index (χ2n) is 10.4. The highest BCUT2D eigenvalue weighted by Crippen LogP contribution is 2.35. The molecule has 0 bridgehead atoms. The van der Waals surface area contributed by atoms with Crippen LogP contribution in [0.15, 0.2) is 18.2 Å². The highest BCUT2D eigenvalue weighted by Gasteiger charge is 2.40. The van der Waals surface area contributed by atoms with Gasteiger partial charge in [-0.3, -0.25) is 24.0 Å². The third-order valence-electron chi connectivity index (χ3n) is 8.23. The van der Waals surface area contributed by atoms with Crippen LogP contribution in [-0.4, -0.2) is 63.5 Å². The first-order valence-corrected chi connectivity index (χ1v) is 12.8. The van der Waals surface area contributed by atoms with Gasteiger partial charge in [0.1, 0.15) is 0 Å². The molecule has 35 heavy (non-hydrogen) atoms. The number of rotatable bonds is 4. The number of fused-ring (bicyclic) bond motifs is 1. The maximum Gasteiger partial charge on any atom is 0.263 e. The fraction of sp³-hybridized carbons (Fsp3) is 0.556. The summed E-state index contributed by atoms with van der Waals surface area (Å²) in [7, 11) is 1.87.